The Balaban J connectivity index is 1.84. The van der Waals surface area contributed by atoms with Crippen molar-refractivity contribution in [2.24, 2.45) is 0 Å². The number of aliphatic hydroxyl groups excluding tert-OH is 1. The molecule has 3 nitrogen and oxygen atoms in total. The molecule has 0 atom stereocenters. The maximum atomic E-state index is 14.4. The maximum Gasteiger partial charge on any atom is 0.139 e. The lowest BCUT2D eigenvalue weighted by Crippen LogP contribution is -1.98. The van der Waals surface area contributed by atoms with Gasteiger partial charge in [0.1, 0.15) is 17.3 Å². The van der Waals surface area contributed by atoms with E-state index >= 15 is 0 Å². The van der Waals surface area contributed by atoms with Gasteiger partial charge in [-0.3, -0.25) is 0 Å². The molecule has 24 heavy (non-hydrogen) atoms. The van der Waals surface area contributed by atoms with E-state index in [9.17, 15) is 8.78 Å². The van der Waals surface area contributed by atoms with Crippen LogP contribution >= 0.6 is 11.3 Å². The standard InChI is InChI=1S/C18H12F2N2OS/c19-15-3-2-13(18(20)14(15)9-23)11-1-4-17-21-16(8-22(17)7-11)12-5-6-24-10-12/h1-8,10,23H,9H2. The second-order valence-electron chi connectivity index (χ2n) is 5.37. The molecule has 120 valence electrons. The topological polar surface area (TPSA) is 37.5 Å². The Morgan fingerprint density at radius 2 is 1.92 bits per heavy atom. The summed E-state index contributed by atoms with van der Waals surface area (Å²) < 4.78 is 29.8. The fraction of sp³-hybridized carbons (Fsp3) is 0.0556. The fourth-order valence-electron chi connectivity index (χ4n) is 2.67. The van der Waals surface area contributed by atoms with Crippen molar-refractivity contribution < 1.29 is 13.9 Å². The fourth-order valence-corrected chi connectivity index (χ4v) is 3.32. The van der Waals surface area contributed by atoms with Crippen LogP contribution in [-0.4, -0.2) is 14.5 Å². The predicted molar refractivity (Wildman–Crippen MR) is 89.8 cm³/mol. The highest BCUT2D eigenvalue weighted by Gasteiger charge is 2.15. The number of pyridine rings is 1. The normalized spacial score (nSPS) is 11.3. The quantitative estimate of drug-likeness (QED) is 0.595. The van der Waals surface area contributed by atoms with Crippen molar-refractivity contribution >= 4 is 17.0 Å². The smallest absolute Gasteiger partial charge is 0.139 e. The lowest BCUT2D eigenvalue weighted by atomic mass is 10.0. The number of benzene rings is 1. The molecule has 0 aliphatic rings. The van der Waals surface area contributed by atoms with E-state index in [0.717, 1.165) is 16.9 Å². The highest BCUT2D eigenvalue weighted by atomic mass is 32.1. The third kappa shape index (κ3) is 2.40. The lowest BCUT2D eigenvalue weighted by molar-refractivity contribution is 0.269. The molecule has 0 aliphatic heterocycles. The number of nitrogens with zero attached hydrogens (tertiary/aromatic N) is 2. The molecule has 4 rings (SSSR count). The molecule has 4 aromatic rings. The highest BCUT2D eigenvalue weighted by Crippen LogP contribution is 2.28. The minimum atomic E-state index is -0.748. The van der Waals surface area contributed by atoms with Crippen molar-refractivity contribution in [1.29, 1.82) is 0 Å². The average Bonchev–Trinajstić information content (AvgIpc) is 3.24. The first-order valence-electron chi connectivity index (χ1n) is 7.27. The van der Waals surface area contributed by atoms with Gasteiger partial charge in [0.15, 0.2) is 0 Å². The van der Waals surface area contributed by atoms with Crippen LogP contribution < -0.4 is 0 Å². The van der Waals surface area contributed by atoms with Gasteiger partial charge in [0.25, 0.3) is 0 Å². The van der Waals surface area contributed by atoms with E-state index in [-0.39, 0.29) is 11.1 Å². The van der Waals surface area contributed by atoms with Gasteiger partial charge in [0, 0.05) is 40.0 Å². The molecule has 0 spiro atoms. The lowest BCUT2D eigenvalue weighted by Gasteiger charge is -2.08. The Kier molecular flexibility index (Phi) is 3.63. The van der Waals surface area contributed by atoms with Crippen molar-refractivity contribution in [2.45, 2.75) is 6.61 Å². The Morgan fingerprint density at radius 3 is 2.67 bits per heavy atom. The molecule has 3 aromatic heterocycles. The van der Waals surface area contributed by atoms with E-state index in [1.807, 2.05) is 27.4 Å². The SMILES string of the molecule is OCc1c(F)ccc(-c2ccc3nc(-c4ccsc4)cn3c2)c1F. The van der Waals surface area contributed by atoms with Gasteiger partial charge in [0.05, 0.1) is 12.3 Å². The third-order valence-corrected chi connectivity index (χ3v) is 4.61. The van der Waals surface area contributed by atoms with Crippen LogP contribution in [0.15, 0.2) is 53.5 Å². The van der Waals surface area contributed by atoms with Crippen LogP contribution in [0.5, 0.6) is 0 Å². The highest BCUT2D eigenvalue weighted by molar-refractivity contribution is 7.08. The summed E-state index contributed by atoms with van der Waals surface area (Å²) in [5.41, 5.74) is 3.11. The molecule has 1 N–H and O–H groups in total. The van der Waals surface area contributed by atoms with E-state index in [1.165, 1.54) is 12.1 Å². The molecule has 1 aromatic carbocycles. The molecule has 3 heterocycles. The molecule has 0 saturated heterocycles. The van der Waals surface area contributed by atoms with Crippen LogP contribution in [0.1, 0.15) is 5.56 Å². The first-order chi connectivity index (χ1) is 11.7. The number of rotatable bonds is 3. The van der Waals surface area contributed by atoms with Crippen molar-refractivity contribution in [1.82, 2.24) is 9.38 Å². The number of imidazole rings is 1. The number of fused-ring (bicyclic) bond motifs is 1. The summed E-state index contributed by atoms with van der Waals surface area (Å²) in [5, 5.41) is 13.1. The Hall–Kier alpha value is -2.57. The number of hydrogen-bond acceptors (Lipinski definition) is 3. The molecule has 0 fully saturated rings. The molecule has 0 bridgehead atoms. The second-order valence-corrected chi connectivity index (χ2v) is 6.15. The maximum absolute atomic E-state index is 14.4. The Bertz CT molecular complexity index is 1030. The molecular weight excluding hydrogens is 330 g/mol. The monoisotopic (exact) mass is 342 g/mol. The largest absolute Gasteiger partial charge is 0.391 e. The minimum absolute atomic E-state index is 0.244. The molecule has 0 aliphatic carbocycles. The molecular formula is C18H12F2N2OS. The van der Waals surface area contributed by atoms with Gasteiger partial charge < -0.3 is 9.51 Å². The first kappa shape index (κ1) is 15.0. The van der Waals surface area contributed by atoms with Crippen LogP contribution in [0, 0.1) is 11.6 Å². The van der Waals surface area contributed by atoms with Crippen LogP contribution in [-0.2, 0) is 6.61 Å². The van der Waals surface area contributed by atoms with E-state index in [1.54, 1.807) is 29.7 Å². The van der Waals surface area contributed by atoms with Crippen LogP contribution in [0.2, 0.25) is 0 Å². The van der Waals surface area contributed by atoms with Crippen molar-refractivity contribution in [3.05, 3.63) is 70.7 Å². The Morgan fingerprint density at radius 1 is 1.04 bits per heavy atom. The Labute approximate surface area is 140 Å². The van der Waals surface area contributed by atoms with Crippen LogP contribution in [0.4, 0.5) is 8.78 Å². The van der Waals surface area contributed by atoms with Crippen LogP contribution in [0.3, 0.4) is 0 Å². The van der Waals surface area contributed by atoms with Gasteiger partial charge in [-0.2, -0.15) is 11.3 Å². The molecule has 0 amide bonds. The summed E-state index contributed by atoms with van der Waals surface area (Å²) in [5.74, 6) is -1.49. The zero-order valence-corrected chi connectivity index (χ0v) is 13.2. The number of thiophene rings is 1. The average molecular weight is 342 g/mol. The van der Waals surface area contributed by atoms with Crippen molar-refractivity contribution in [3.8, 4) is 22.4 Å². The summed E-state index contributed by atoms with van der Waals surface area (Å²) in [4.78, 5) is 4.54. The first-order valence-corrected chi connectivity index (χ1v) is 8.21. The summed E-state index contributed by atoms with van der Waals surface area (Å²) in [6, 6.07) is 8.05. The van der Waals surface area contributed by atoms with Gasteiger partial charge >= 0.3 is 0 Å². The summed E-state index contributed by atoms with van der Waals surface area (Å²) in [6.45, 7) is -0.679. The number of halogens is 2. The number of aromatic nitrogens is 2. The molecule has 0 unspecified atom stereocenters. The summed E-state index contributed by atoms with van der Waals surface area (Å²) >= 11 is 1.59. The van der Waals surface area contributed by atoms with Gasteiger partial charge in [-0.25, -0.2) is 13.8 Å². The zero-order valence-electron chi connectivity index (χ0n) is 12.4. The van der Waals surface area contributed by atoms with Crippen molar-refractivity contribution in [3.63, 3.8) is 0 Å². The number of hydrogen-bond donors (Lipinski definition) is 1. The van der Waals surface area contributed by atoms with Crippen molar-refractivity contribution in [2.75, 3.05) is 0 Å². The van der Waals surface area contributed by atoms with Gasteiger partial charge in [0.2, 0.25) is 0 Å². The summed E-state index contributed by atoms with van der Waals surface area (Å²) in [7, 11) is 0. The van der Waals surface area contributed by atoms with E-state index < -0.39 is 18.2 Å². The van der Waals surface area contributed by atoms with Gasteiger partial charge in [-0.1, -0.05) is 0 Å². The van der Waals surface area contributed by atoms with E-state index in [0.29, 0.717) is 5.56 Å². The minimum Gasteiger partial charge on any atom is -0.391 e. The molecule has 6 heteroatoms. The molecule has 0 saturated carbocycles. The van der Waals surface area contributed by atoms with E-state index in [2.05, 4.69) is 4.98 Å². The van der Waals surface area contributed by atoms with Gasteiger partial charge in [-0.15, -0.1) is 0 Å². The number of aliphatic hydroxyl groups is 1. The molecule has 0 radical (unpaired) electrons. The summed E-state index contributed by atoms with van der Waals surface area (Å²) in [6.07, 6.45) is 3.62. The third-order valence-electron chi connectivity index (χ3n) is 3.92. The van der Waals surface area contributed by atoms with E-state index in [4.69, 9.17) is 5.11 Å². The second kappa shape index (κ2) is 5.81. The predicted octanol–water partition coefficient (Wildman–Crippen LogP) is 4.50. The van der Waals surface area contributed by atoms with Gasteiger partial charge in [-0.05, 0) is 35.7 Å². The zero-order chi connectivity index (χ0) is 16.7. The van der Waals surface area contributed by atoms with Crippen LogP contribution in [0.25, 0.3) is 28.0 Å².